The summed E-state index contributed by atoms with van der Waals surface area (Å²) in [6.45, 7) is 8.65. The van der Waals surface area contributed by atoms with Gasteiger partial charge in [0.2, 0.25) is 0 Å². The molecule has 7 heteroatoms. The van der Waals surface area contributed by atoms with E-state index in [1.54, 1.807) is 11.3 Å². The molecule has 1 aromatic carbocycles. The van der Waals surface area contributed by atoms with Crippen molar-refractivity contribution < 1.29 is 9.53 Å². The van der Waals surface area contributed by atoms with Crippen molar-refractivity contribution in [2.75, 3.05) is 25.5 Å². The Morgan fingerprint density at radius 1 is 1.32 bits per heavy atom. The fraction of sp³-hybridized carbons (Fsp3) is 0.458. The first-order valence-corrected chi connectivity index (χ1v) is 11.6. The molecular weight excluding hydrogens is 408 g/mol. The smallest absolute Gasteiger partial charge is 0.182 e. The molecule has 1 N–H and O–H groups in total. The summed E-state index contributed by atoms with van der Waals surface area (Å²) in [4.78, 5) is 21.5. The first kappa shape index (κ1) is 23.2. The van der Waals surface area contributed by atoms with Crippen molar-refractivity contribution in [3.8, 4) is 5.75 Å². The van der Waals surface area contributed by atoms with Crippen molar-refractivity contribution >= 4 is 28.5 Å². The van der Waals surface area contributed by atoms with Gasteiger partial charge in [0.15, 0.2) is 5.13 Å². The summed E-state index contributed by atoms with van der Waals surface area (Å²) in [5.74, 6) is 1.96. The first-order valence-electron chi connectivity index (χ1n) is 10.8. The van der Waals surface area contributed by atoms with E-state index < -0.39 is 0 Å². The van der Waals surface area contributed by atoms with E-state index in [1.807, 2.05) is 26.2 Å². The maximum atomic E-state index is 8.81. The molecule has 2 aliphatic rings. The summed E-state index contributed by atoms with van der Waals surface area (Å²) >= 11 is 1.74. The van der Waals surface area contributed by atoms with Gasteiger partial charge in [-0.2, -0.15) is 0 Å². The molecule has 0 unspecified atom stereocenters. The molecular formula is C24H32N4O2S. The molecule has 1 aromatic heterocycles. The van der Waals surface area contributed by atoms with Crippen LogP contribution in [-0.2, 0) is 24.2 Å². The van der Waals surface area contributed by atoms with Crippen LogP contribution < -0.4 is 10.1 Å². The Balaban J connectivity index is 0.000000858. The number of carbonyl (C=O) groups is 1. The van der Waals surface area contributed by atoms with E-state index in [0.29, 0.717) is 6.04 Å². The number of nitrogens with one attached hydrogen (secondary N) is 1. The molecule has 1 atom stereocenters. The van der Waals surface area contributed by atoms with Crippen LogP contribution in [0.15, 0.2) is 41.2 Å². The van der Waals surface area contributed by atoms with Crippen LogP contribution in [0.2, 0.25) is 0 Å². The second kappa shape index (κ2) is 11.2. The summed E-state index contributed by atoms with van der Waals surface area (Å²) in [6, 6.07) is 7.09. The number of aromatic nitrogens is 1. The number of hydrogen-bond donors (Lipinski definition) is 1. The van der Waals surface area contributed by atoms with E-state index in [2.05, 4.69) is 45.3 Å². The third-order valence-electron chi connectivity index (χ3n) is 5.45. The minimum absolute atomic E-state index is 0.486. The SMILES string of the molecule is CC=O.CNc1ncc(CN2CCc3ccc(OC4=CC(C)=NCC4)cc3C[C@@H]2C)s1. The van der Waals surface area contributed by atoms with E-state index >= 15 is 0 Å². The number of aldehydes is 1. The van der Waals surface area contributed by atoms with Gasteiger partial charge in [-0.25, -0.2) is 4.98 Å². The van der Waals surface area contributed by atoms with Gasteiger partial charge in [-0.3, -0.25) is 9.89 Å². The Bertz CT molecular complexity index is 951. The van der Waals surface area contributed by atoms with Gasteiger partial charge >= 0.3 is 0 Å². The fourth-order valence-corrected chi connectivity index (χ4v) is 4.68. The molecule has 3 heterocycles. The lowest BCUT2D eigenvalue weighted by Crippen LogP contribution is -2.33. The van der Waals surface area contributed by atoms with E-state index in [1.165, 1.54) is 22.9 Å². The van der Waals surface area contributed by atoms with Gasteiger partial charge in [-0.05, 0) is 62.9 Å². The van der Waals surface area contributed by atoms with Gasteiger partial charge in [-0.15, -0.1) is 11.3 Å². The molecule has 0 saturated carbocycles. The topological polar surface area (TPSA) is 66.8 Å². The number of fused-ring (bicyclic) bond motifs is 1. The minimum atomic E-state index is 0.486. The number of dihydropyridines is 1. The zero-order chi connectivity index (χ0) is 22.2. The predicted octanol–water partition coefficient (Wildman–Crippen LogP) is 4.51. The van der Waals surface area contributed by atoms with Crippen LogP contribution in [0.25, 0.3) is 0 Å². The van der Waals surface area contributed by atoms with Crippen LogP contribution in [0.4, 0.5) is 5.13 Å². The number of hydrogen-bond acceptors (Lipinski definition) is 7. The molecule has 4 rings (SSSR count). The number of rotatable bonds is 5. The van der Waals surface area contributed by atoms with E-state index in [4.69, 9.17) is 9.53 Å². The molecule has 0 fully saturated rings. The largest absolute Gasteiger partial charge is 0.462 e. The molecule has 2 aromatic rings. The average Bonchev–Trinajstić information content (AvgIpc) is 3.14. The zero-order valence-electron chi connectivity index (χ0n) is 18.9. The number of aliphatic imine (C=N–C) groups is 1. The summed E-state index contributed by atoms with van der Waals surface area (Å²) in [5.41, 5.74) is 3.90. The third-order valence-corrected chi connectivity index (χ3v) is 6.45. The second-order valence-electron chi connectivity index (χ2n) is 7.81. The van der Waals surface area contributed by atoms with Gasteiger partial charge in [0, 0.05) is 55.9 Å². The van der Waals surface area contributed by atoms with Crippen molar-refractivity contribution in [1.29, 1.82) is 0 Å². The Morgan fingerprint density at radius 3 is 2.84 bits per heavy atom. The van der Waals surface area contributed by atoms with Crippen LogP contribution >= 0.6 is 11.3 Å². The molecule has 0 bridgehead atoms. The lowest BCUT2D eigenvalue weighted by molar-refractivity contribution is -0.106. The summed E-state index contributed by atoms with van der Waals surface area (Å²) in [5, 5.41) is 4.11. The lowest BCUT2D eigenvalue weighted by Gasteiger charge is -2.26. The molecule has 0 aliphatic carbocycles. The quantitative estimate of drug-likeness (QED) is 0.693. The summed E-state index contributed by atoms with van der Waals surface area (Å²) in [7, 11) is 1.92. The van der Waals surface area contributed by atoms with Gasteiger partial charge < -0.3 is 14.8 Å². The number of thiazole rings is 1. The summed E-state index contributed by atoms with van der Waals surface area (Å²) in [6.07, 6.45) is 7.79. The lowest BCUT2D eigenvalue weighted by atomic mass is 10.0. The molecule has 0 saturated heterocycles. The van der Waals surface area contributed by atoms with E-state index in [-0.39, 0.29) is 0 Å². The van der Waals surface area contributed by atoms with Gasteiger partial charge in [0.05, 0.1) is 0 Å². The van der Waals surface area contributed by atoms with Crippen LogP contribution in [-0.4, -0.2) is 48.1 Å². The number of allylic oxidation sites excluding steroid dienone is 1. The predicted molar refractivity (Wildman–Crippen MR) is 128 cm³/mol. The van der Waals surface area contributed by atoms with Crippen molar-refractivity contribution in [3.05, 3.63) is 52.2 Å². The van der Waals surface area contributed by atoms with Gasteiger partial charge in [-0.1, -0.05) is 6.07 Å². The van der Waals surface area contributed by atoms with Crippen molar-refractivity contribution in [1.82, 2.24) is 9.88 Å². The number of benzene rings is 1. The molecule has 166 valence electrons. The highest BCUT2D eigenvalue weighted by Crippen LogP contribution is 2.28. The standard InChI is InChI=1S/C22H28N4OS.C2H4O/c1-15-10-20(6-8-24-15)27-19-5-4-17-7-9-26(16(2)11-18(17)12-19)14-21-13-25-22(23-3)28-21;1-2-3/h4-5,10,12-13,16H,6-9,11,14H2,1-3H3,(H,23,25);2H,1H3/t16-;/m0./s1. The Hall–Kier alpha value is -2.51. The molecule has 6 nitrogen and oxygen atoms in total. The maximum absolute atomic E-state index is 8.81. The monoisotopic (exact) mass is 440 g/mol. The highest BCUT2D eigenvalue weighted by atomic mass is 32.1. The highest BCUT2D eigenvalue weighted by Gasteiger charge is 2.22. The van der Waals surface area contributed by atoms with Crippen LogP contribution in [0, 0.1) is 0 Å². The number of carbonyl (C=O) groups excluding carboxylic acids is 1. The molecule has 0 amide bonds. The van der Waals surface area contributed by atoms with Crippen molar-refractivity contribution in [2.24, 2.45) is 4.99 Å². The fourth-order valence-electron chi connectivity index (χ4n) is 3.89. The number of nitrogens with zero attached hydrogens (tertiary/aromatic N) is 3. The van der Waals surface area contributed by atoms with Crippen molar-refractivity contribution in [3.63, 3.8) is 0 Å². The first-order chi connectivity index (χ1) is 15.0. The average molecular weight is 441 g/mol. The highest BCUT2D eigenvalue weighted by molar-refractivity contribution is 7.15. The Labute approximate surface area is 189 Å². The molecule has 31 heavy (non-hydrogen) atoms. The maximum Gasteiger partial charge on any atom is 0.182 e. The normalized spacial score (nSPS) is 18.5. The van der Waals surface area contributed by atoms with Gasteiger partial charge in [0.25, 0.3) is 0 Å². The number of anilines is 1. The van der Waals surface area contributed by atoms with Crippen LogP contribution in [0.5, 0.6) is 5.75 Å². The van der Waals surface area contributed by atoms with Crippen LogP contribution in [0.3, 0.4) is 0 Å². The summed E-state index contributed by atoms with van der Waals surface area (Å²) < 4.78 is 6.16. The second-order valence-corrected chi connectivity index (χ2v) is 8.92. The molecule has 0 spiro atoms. The zero-order valence-corrected chi connectivity index (χ0v) is 19.7. The Kier molecular flexibility index (Phi) is 8.37. The minimum Gasteiger partial charge on any atom is -0.462 e. The van der Waals surface area contributed by atoms with Gasteiger partial charge in [0.1, 0.15) is 17.8 Å². The number of ether oxygens (including phenoxy) is 1. The molecule has 2 aliphatic heterocycles. The molecule has 0 radical (unpaired) electrons. The third kappa shape index (κ3) is 6.48. The van der Waals surface area contributed by atoms with E-state index in [0.717, 1.165) is 67.5 Å². The van der Waals surface area contributed by atoms with Crippen LogP contribution in [0.1, 0.15) is 43.2 Å². The Morgan fingerprint density at radius 2 is 2.13 bits per heavy atom. The van der Waals surface area contributed by atoms with E-state index in [9.17, 15) is 0 Å². The van der Waals surface area contributed by atoms with Crippen molar-refractivity contribution in [2.45, 2.75) is 52.6 Å².